The van der Waals surface area contributed by atoms with E-state index in [2.05, 4.69) is 14.8 Å². The Hall–Kier alpha value is -3.45. The van der Waals surface area contributed by atoms with Crippen molar-refractivity contribution in [2.45, 2.75) is 0 Å². The van der Waals surface area contributed by atoms with Crippen molar-refractivity contribution in [3.05, 3.63) is 84.3 Å². The number of phenols is 1. The van der Waals surface area contributed by atoms with Crippen LogP contribution in [0.25, 0.3) is 0 Å². The molecule has 1 saturated heterocycles. The molecule has 1 amide bonds. The third-order valence-electron chi connectivity index (χ3n) is 5.50. The fourth-order valence-electron chi connectivity index (χ4n) is 3.77. The van der Waals surface area contributed by atoms with Gasteiger partial charge in [0.2, 0.25) is 0 Å². The number of benzene rings is 2. The standard InChI is InChI=1S/C24H25FN4O2/c25-20-10-8-19(9-11-20)24(31)29(23-7-3-4-12-26-23)18-15-27-13-16-28(17-14-27)21-5-1-2-6-22(21)30/h1-12,30H,13-18H2. The fraction of sp³-hybridized carbons (Fsp3) is 0.250. The molecule has 31 heavy (non-hydrogen) atoms. The van der Waals surface area contributed by atoms with Crippen LogP contribution in [0.3, 0.4) is 0 Å². The lowest BCUT2D eigenvalue weighted by Crippen LogP contribution is -2.49. The second-order valence-corrected chi connectivity index (χ2v) is 7.47. The normalized spacial score (nSPS) is 14.4. The van der Waals surface area contributed by atoms with E-state index in [9.17, 15) is 14.3 Å². The van der Waals surface area contributed by atoms with Gasteiger partial charge in [0.1, 0.15) is 17.4 Å². The van der Waals surface area contributed by atoms with E-state index in [0.717, 1.165) is 31.9 Å². The average Bonchev–Trinajstić information content (AvgIpc) is 2.81. The maximum Gasteiger partial charge on any atom is 0.259 e. The number of carbonyl (C=O) groups excluding carboxylic acids is 1. The number of nitrogens with zero attached hydrogens (tertiary/aromatic N) is 4. The fourth-order valence-corrected chi connectivity index (χ4v) is 3.77. The zero-order chi connectivity index (χ0) is 21.6. The summed E-state index contributed by atoms with van der Waals surface area (Å²) < 4.78 is 13.3. The molecule has 1 aliphatic rings. The van der Waals surface area contributed by atoms with Gasteiger partial charge >= 0.3 is 0 Å². The van der Waals surface area contributed by atoms with Crippen LogP contribution in [0.4, 0.5) is 15.9 Å². The number of hydrogen-bond donors (Lipinski definition) is 1. The molecule has 0 atom stereocenters. The number of hydrogen-bond acceptors (Lipinski definition) is 5. The lowest BCUT2D eigenvalue weighted by atomic mass is 10.2. The SMILES string of the molecule is O=C(c1ccc(F)cc1)N(CCN1CCN(c2ccccc2O)CC1)c1ccccn1. The van der Waals surface area contributed by atoms with Crippen molar-refractivity contribution < 1.29 is 14.3 Å². The van der Waals surface area contributed by atoms with Crippen LogP contribution in [-0.4, -0.2) is 60.2 Å². The van der Waals surface area contributed by atoms with Crippen molar-refractivity contribution in [2.75, 3.05) is 49.1 Å². The summed E-state index contributed by atoms with van der Waals surface area (Å²) >= 11 is 0. The molecule has 3 aromatic rings. The Morgan fingerprint density at radius 2 is 1.68 bits per heavy atom. The van der Waals surface area contributed by atoms with Crippen LogP contribution in [0, 0.1) is 5.82 Å². The third kappa shape index (κ3) is 5.00. The Morgan fingerprint density at radius 3 is 2.35 bits per heavy atom. The molecule has 0 spiro atoms. The Kier molecular flexibility index (Phi) is 6.43. The summed E-state index contributed by atoms with van der Waals surface area (Å²) in [5, 5.41) is 10.1. The van der Waals surface area contributed by atoms with E-state index in [1.54, 1.807) is 23.2 Å². The number of rotatable bonds is 6. The van der Waals surface area contributed by atoms with Gasteiger partial charge in [-0.05, 0) is 48.5 Å². The third-order valence-corrected chi connectivity index (χ3v) is 5.50. The summed E-state index contributed by atoms with van der Waals surface area (Å²) in [5.74, 6) is 0.293. The van der Waals surface area contributed by atoms with Gasteiger partial charge in [0.25, 0.3) is 5.91 Å². The zero-order valence-electron chi connectivity index (χ0n) is 17.2. The Labute approximate surface area is 181 Å². The zero-order valence-corrected chi connectivity index (χ0v) is 17.2. The molecule has 0 radical (unpaired) electrons. The first kappa shape index (κ1) is 20.8. The van der Waals surface area contributed by atoms with Crippen LogP contribution in [0.15, 0.2) is 72.9 Å². The van der Waals surface area contributed by atoms with E-state index in [0.29, 0.717) is 30.2 Å². The minimum atomic E-state index is -0.372. The Bertz CT molecular complexity index is 1010. The molecule has 1 fully saturated rings. The molecule has 0 saturated carbocycles. The number of amides is 1. The number of carbonyl (C=O) groups is 1. The van der Waals surface area contributed by atoms with Gasteiger partial charge in [0.15, 0.2) is 0 Å². The molecule has 0 unspecified atom stereocenters. The van der Waals surface area contributed by atoms with E-state index in [1.165, 1.54) is 24.3 Å². The Balaban J connectivity index is 1.41. The molecule has 160 valence electrons. The molecular formula is C24H25FN4O2. The van der Waals surface area contributed by atoms with Crippen LogP contribution in [-0.2, 0) is 0 Å². The Morgan fingerprint density at radius 1 is 0.968 bits per heavy atom. The number of piperazine rings is 1. The molecule has 1 aliphatic heterocycles. The molecule has 1 N–H and O–H groups in total. The molecule has 7 heteroatoms. The predicted octanol–water partition coefficient (Wildman–Crippen LogP) is 3.40. The first-order chi connectivity index (χ1) is 15.1. The number of anilines is 2. The van der Waals surface area contributed by atoms with Gasteiger partial charge < -0.3 is 10.0 Å². The second-order valence-electron chi connectivity index (χ2n) is 7.47. The first-order valence-electron chi connectivity index (χ1n) is 10.4. The molecule has 4 rings (SSSR count). The number of aromatic hydroxyl groups is 1. The number of para-hydroxylation sites is 2. The summed E-state index contributed by atoms with van der Waals surface area (Å²) in [6, 6.07) is 18.4. The summed E-state index contributed by atoms with van der Waals surface area (Å²) in [4.78, 5) is 23.6. The van der Waals surface area contributed by atoms with Gasteiger partial charge in [-0.25, -0.2) is 9.37 Å². The quantitative estimate of drug-likeness (QED) is 0.662. The van der Waals surface area contributed by atoms with Crippen LogP contribution >= 0.6 is 0 Å². The van der Waals surface area contributed by atoms with Crippen molar-refractivity contribution in [3.63, 3.8) is 0 Å². The van der Waals surface area contributed by atoms with Gasteiger partial charge in [-0.1, -0.05) is 18.2 Å². The van der Waals surface area contributed by atoms with E-state index in [1.807, 2.05) is 30.3 Å². The predicted molar refractivity (Wildman–Crippen MR) is 119 cm³/mol. The van der Waals surface area contributed by atoms with Gasteiger partial charge in [0, 0.05) is 51.0 Å². The molecule has 1 aromatic heterocycles. The van der Waals surface area contributed by atoms with Gasteiger partial charge in [-0.3, -0.25) is 14.6 Å². The van der Waals surface area contributed by atoms with Gasteiger partial charge in [-0.2, -0.15) is 0 Å². The van der Waals surface area contributed by atoms with Crippen molar-refractivity contribution in [3.8, 4) is 5.75 Å². The highest BCUT2D eigenvalue weighted by atomic mass is 19.1. The number of phenolic OH excluding ortho intramolecular Hbond substituents is 1. The lowest BCUT2D eigenvalue weighted by Gasteiger charge is -2.37. The van der Waals surface area contributed by atoms with E-state index in [4.69, 9.17) is 0 Å². The molecule has 0 bridgehead atoms. The number of halogens is 1. The largest absolute Gasteiger partial charge is 0.506 e. The minimum absolute atomic E-state index is 0.202. The highest BCUT2D eigenvalue weighted by molar-refractivity contribution is 6.05. The van der Waals surface area contributed by atoms with E-state index < -0.39 is 0 Å². The highest BCUT2D eigenvalue weighted by Crippen LogP contribution is 2.27. The molecule has 0 aliphatic carbocycles. The maximum atomic E-state index is 13.3. The van der Waals surface area contributed by atoms with Crippen LogP contribution in [0.1, 0.15) is 10.4 Å². The summed E-state index contributed by atoms with van der Waals surface area (Å²) in [5.41, 5.74) is 1.28. The maximum absolute atomic E-state index is 13.3. The minimum Gasteiger partial charge on any atom is -0.506 e. The summed E-state index contributed by atoms with van der Waals surface area (Å²) in [6.45, 7) is 4.42. The van der Waals surface area contributed by atoms with Crippen molar-refractivity contribution in [2.24, 2.45) is 0 Å². The molecule has 2 heterocycles. The van der Waals surface area contributed by atoms with Crippen LogP contribution in [0.2, 0.25) is 0 Å². The molecular weight excluding hydrogens is 395 g/mol. The van der Waals surface area contributed by atoms with E-state index in [-0.39, 0.29) is 11.7 Å². The molecule has 6 nitrogen and oxygen atoms in total. The summed E-state index contributed by atoms with van der Waals surface area (Å²) in [6.07, 6.45) is 1.66. The smallest absolute Gasteiger partial charge is 0.259 e. The van der Waals surface area contributed by atoms with Crippen molar-refractivity contribution >= 4 is 17.4 Å². The second kappa shape index (κ2) is 9.57. The summed E-state index contributed by atoms with van der Waals surface area (Å²) in [7, 11) is 0. The first-order valence-corrected chi connectivity index (χ1v) is 10.4. The number of pyridine rings is 1. The van der Waals surface area contributed by atoms with Crippen molar-refractivity contribution in [1.29, 1.82) is 0 Å². The lowest BCUT2D eigenvalue weighted by molar-refractivity contribution is 0.0982. The van der Waals surface area contributed by atoms with Gasteiger partial charge in [-0.15, -0.1) is 0 Å². The van der Waals surface area contributed by atoms with E-state index >= 15 is 0 Å². The van der Waals surface area contributed by atoms with Crippen LogP contribution in [0.5, 0.6) is 5.75 Å². The monoisotopic (exact) mass is 420 g/mol. The average molecular weight is 420 g/mol. The van der Waals surface area contributed by atoms with Crippen molar-refractivity contribution in [1.82, 2.24) is 9.88 Å². The highest BCUT2D eigenvalue weighted by Gasteiger charge is 2.23. The van der Waals surface area contributed by atoms with Gasteiger partial charge in [0.05, 0.1) is 5.69 Å². The topological polar surface area (TPSA) is 59.9 Å². The van der Waals surface area contributed by atoms with Crippen LogP contribution < -0.4 is 9.80 Å². The number of aromatic nitrogens is 1. The molecule has 2 aromatic carbocycles.